The number of β-amino-alcohol motifs (C(OH)–C–C–N with tert-alkyl or cyclic N) is 1. The molecule has 6 heteroatoms. The van der Waals surface area contributed by atoms with Gasteiger partial charge in [0.25, 0.3) is 0 Å². The summed E-state index contributed by atoms with van der Waals surface area (Å²) in [6, 6.07) is 15.5. The van der Waals surface area contributed by atoms with Crippen LogP contribution in [0, 0.1) is 11.6 Å². The lowest BCUT2D eigenvalue weighted by atomic mass is 9.81. The van der Waals surface area contributed by atoms with Crippen molar-refractivity contribution >= 4 is 10.8 Å². The summed E-state index contributed by atoms with van der Waals surface area (Å²) >= 11 is 0. The summed E-state index contributed by atoms with van der Waals surface area (Å²) in [5.74, 6) is -1.10. The fourth-order valence-electron chi connectivity index (χ4n) is 4.88. The Labute approximate surface area is 179 Å². The van der Waals surface area contributed by atoms with Gasteiger partial charge in [-0.1, -0.05) is 42.5 Å². The first-order valence-corrected chi connectivity index (χ1v) is 10.7. The minimum Gasteiger partial charge on any atom is -0.486 e. The van der Waals surface area contributed by atoms with Crippen LogP contribution in [0.3, 0.4) is 0 Å². The molecule has 3 aromatic carbocycles. The first-order valence-electron chi connectivity index (χ1n) is 10.7. The number of benzene rings is 3. The minimum atomic E-state index is -0.954. The number of nitrogens with zero attached hydrogens (tertiary/aromatic N) is 1. The summed E-state index contributed by atoms with van der Waals surface area (Å²) in [6.07, 6.45) is 0.506. The maximum absolute atomic E-state index is 13.5. The second kappa shape index (κ2) is 7.86. The molecule has 0 unspecified atom stereocenters. The van der Waals surface area contributed by atoms with Gasteiger partial charge in [-0.15, -0.1) is 0 Å². The number of piperidine rings is 1. The van der Waals surface area contributed by atoms with Gasteiger partial charge in [0.05, 0.1) is 12.2 Å². The van der Waals surface area contributed by atoms with Gasteiger partial charge in [0.15, 0.2) is 11.6 Å². The van der Waals surface area contributed by atoms with Gasteiger partial charge in [0.2, 0.25) is 0 Å². The number of halogens is 2. The number of hydrogen-bond donors (Lipinski definition) is 2. The van der Waals surface area contributed by atoms with Crippen LogP contribution >= 0.6 is 0 Å². The Bertz CT molecular complexity index is 1110. The lowest BCUT2D eigenvalue weighted by Crippen LogP contribution is -2.51. The first kappa shape index (κ1) is 20.4. The maximum Gasteiger partial charge on any atom is 0.159 e. The van der Waals surface area contributed by atoms with Gasteiger partial charge in [0, 0.05) is 37.0 Å². The van der Waals surface area contributed by atoms with Crippen LogP contribution in [0.2, 0.25) is 0 Å². The van der Waals surface area contributed by atoms with E-state index in [4.69, 9.17) is 4.74 Å². The molecule has 31 heavy (non-hydrogen) atoms. The third-order valence-electron chi connectivity index (χ3n) is 6.68. The SMILES string of the molecule is O[C@H](CN1CCC2(CC1)C[C@@H](O)c1ccc3ccccc3c1O2)c1ccc(F)c(F)c1. The summed E-state index contributed by atoms with van der Waals surface area (Å²) < 4.78 is 33.2. The maximum atomic E-state index is 13.5. The zero-order chi connectivity index (χ0) is 21.6. The van der Waals surface area contributed by atoms with Crippen molar-refractivity contribution < 1.29 is 23.7 Å². The number of likely N-dealkylation sites (tertiary alicyclic amines) is 1. The summed E-state index contributed by atoms with van der Waals surface area (Å²) in [5.41, 5.74) is 0.754. The topological polar surface area (TPSA) is 52.9 Å². The minimum absolute atomic E-state index is 0.337. The van der Waals surface area contributed by atoms with Gasteiger partial charge in [-0.2, -0.15) is 0 Å². The Morgan fingerprint density at radius 2 is 1.81 bits per heavy atom. The number of rotatable bonds is 3. The van der Waals surface area contributed by atoms with Crippen molar-refractivity contribution in [2.45, 2.75) is 37.1 Å². The molecule has 1 saturated heterocycles. The van der Waals surface area contributed by atoms with Crippen molar-refractivity contribution in [1.29, 1.82) is 0 Å². The molecule has 4 nitrogen and oxygen atoms in total. The van der Waals surface area contributed by atoms with Gasteiger partial charge >= 0.3 is 0 Å². The Balaban J connectivity index is 1.30. The van der Waals surface area contributed by atoms with E-state index in [2.05, 4.69) is 4.90 Å². The molecule has 2 N–H and O–H groups in total. The summed E-state index contributed by atoms with van der Waals surface area (Å²) in [7, 11) is 0. The first-order chi connectivity index (χ1) is 14.9. The van der Waals surface area contributed by atoms with Crippen LogP contribution in [-0.2, 0) is 0 Å². The fourth-order valence-corrected chi connectivity index (χ4v) is 4.88. The molecule has 2 heterocycles. The van der Waals surface area contributed by atoms with E-state index < -0.39 is 29.4 Å². The van der Waals surface area contributed by atoms with E-state index in [9.17, 15) is 19.0 Å². The van der Waals surface area contributed by atoms with Crippen molar-refractivity contribution in [1.82, 2.24) is 4.90 Å². The standard InChI is InChI=1S/C25H25F2NO3/c26-20-8-6-17(13-21(20)27)23(30)15-28-11-9-25(10-12-28)14-22(29)19-7-5-16-3-1-2-4-18(16)24(19)31-25/h1-8,13,22-23,29-30H,9-12,14-15H2/t22-,23-/m1/s1. The third kappa shape index (κ3) is 3.80. The molecule has 0 bridgehead atoms. The Morgan fingerprint density at radius 3 is 2.58 bits per heavy atom. The second-order valence-corrected chi connectivity index (χ2v) is 8.70. The van der Waals surface area contributed by atoms with E-state index in [0.29, 0.717) is 31.6 Å². The lowest BCUT2D eigenvalue weighted by molar-refractivity contribution is -0.0577. The molecule has 0 aliphatic carbocycles. The largest absolute Gasteiger partial charge is 0.486 e. The number of ether oxygens (including phenoxy) is 1. The molecular weight excluding hydrogens is 400 g/mol. The number of fused-ring (bicyclic) bond motifs is 3. The summed E-state index contributed by atoms with van der Waals surface area (Å²) in [5, 5.41) is 23.4. The van der Waals surface area contributed by atoms with Crippen molar-refractivity contribution in [3.05, 3.63) is 77.4 Å². The molecule has 5 rings (SSSR count). The fraction of sp³-hybridized carbons (Fsp3) is 0.360. The van der Waals surface area contributed by atoms with Gasteiger partial charge in [-0.3, -0.25) is 0 Å². The Kier molecular flexibility index (Phi) is 5.16. The van der Waals surface area contributed by atoms with Crippen molar-refractivity contribution in [2.24, 2.45) is 0 Å². The van der Waals surface area contributed by atoms with Crippen LogP contribution < -0.4 is 4.74 Å². The molecule has 2 aliphatic heterocycles. The van der Waals surface area contributed by atoms with E-state index in [1.807, 2.05) is 36.4 Å². The smallest absolute Gasteiger partial charge is 0.159 e. The number of aliphatic hydroxyl groups is 2. The predicted molar refractivity (Wildman–Crippen MR) is 114 cm³/mol. The zero-order valence-corrected chi connectivity index (χ0v) is 17.1. The molecule has 1 spiro atoms. The molecule has 0 aromatic heterocycles. The van der Waals surface area contributed by atoms with Crippen LogP contribution in [0.5, 0.6) is 5.75 Å². The van der Waals surface area contributed by atoms with Gasteiger partial charge in [0.1, 0.15) is 11.4 Å². The predicted octanol–water partition coefficient (Wildman–Crippen LogP) is 4.50. The molecule has 0 saturated carbocycles. The van der Waals surface area contributed by atoms with E-state index >= 15 is 0 Å². The van der Waals surface area contributed by atoms with Gasteiger partial charge in [-0.05, 0) is 35.9 Å². The summed E-state index contributed by atoms with van der Waals surface area (Å²) in [6.45, 7) is 1.71. The highest BCUT2D eigenvalue weighted by atomic mass is 19.2. The van der Waals surface area contributed by atoms with Crippen LogP contribution in [0.15, 0.2) is 54.6 Å². The normalized spacial score (nSPS) is 21.6. The third-order valence-corrected chi connectivity index (χ3v) is 6.68. The van der Waals surface area contributed by atoms with Crippen molar-refractivity contribution in [3.63, 3.8) is 0 Å². The number of hydrogen-bond acceptors (Lipinski definition) is 4. The second-order valence-electron chi connectivity index (χ2n) is 8.70. The number of aliphatic hydroxyl groups excluding tert-OH is 2. The lowest BCUT2D eigenvalue weighted by Gasteiger charge is -2.46. The van der Waals surface area contributed by atoms with Gasteiger partial charge < -0.3 is 19.8 Å². The quantitative estimate of drug-likeness (QED) is 0.649. The molecule has 2 atom stereocenters. The van der Waals surface area contributed by atoms with Crippen LogP contribution in [-0.4, -0.2) is 40.3 Å². The molecular formula is C25H25F2NO3. The molecule has 0 amide bonds. The van der Waals surface area contributed by atoms with E-state index in [1.54, 1.807) is 0 Å². The van der Waals surface area contributed by atoms with Crippen LogP contribution in [0.25, 0.3) is 10.8 Å². The highest BCUT2D eigenvalue weighted by Gasteiger charge is 2.43. The van der Waals surface area contributed by atoms with Crippen LogP contribution in [0.4, 0.5) is 8.78 Å². The Morgan fingerprint density at radius 1 is 1.03 bits per heavy atom. The Hall–Kier alpha value is -2.54. The average Bonchev–Trinajstić information content (AvgIpc) is 2.77. The van der Waals surface area contributed by atoms with Crippen molar-refractivity contribution in [2.75, 3.05) is 19.6 Å². The highest BCUT2D eigenvalue weighted by Crippen LogP contribution is 2.47. The van der Waals surface area contributed by atoms with Gasteiger partial charge in [-0.25, -0.2) is 8.78 Å². The molecule has 162 valence electrons. The van der Waals surface area contributed by atoms with E-state index in [-0.39, 0.29) is 0 Å². The zero-order valence-electron chi connectivity index (χ0n) is 17.1. The molecule has 2 aliphatic rings. The molecule has 0 radical (unpaired) electrons. The summed E-state index contributed by atoms with van der Waals surface area (Å²) in [4.78, 5) is 2.10. The van der Waals surface area contributed by atoms with Crippen LogP contribution in [0.1, 0.15) is 42.6 Å². The van der Waals surface area contributed by atoms with E-state index in [0.717, 1.165) is 47.1 Å². The average molecular weight is 425 g/mol. The molecule has 1 fully saturated rings. The van der Waals surface area contributed by atoms with Crippen molar-refractivity contribution in [3.8, 4) is 5.75 Å². The molecule has 3 aromatic rings. The highest BCUT2D eigenvalue weighted by molar-refractivity contribution is 5.90. The van der Waals surface area contributed by atoms with E-state index in [1.165, 1.54) is 6.07 Å². The monoisotopic (exact) mass is 425 g/mol.